The average Bonchev–Trinajstić information content (AvgIpc) is 2.55. The highest BCUT2D eigenvalue weighted by molar-refractivity contribution is 8.00. The predicted octanol–water partition coefficient (Wildman–Crippen LogP) is 2.44. The summed E-state index contributed by atoms with van der Waals surface area (Å²) in [6.07, 6.45) is 8.41. The minimum Gasteiger partial charge on any atom is -0.381 e. The molecule has 1 unspecified atom stereocenters. The SMILES string of the molecule is Cl.NC(C(=O)N1CCSC2(CCCCC2)C1)C1CCOCC1. The predicted molar refractivity (Wildman–Crippen MR) is 93.6 cm³/mol. The normalized spacial score (nSPS) is 27.2. The summed E-state index contributed by atoms with van der Waals surface area (Å²) in [5, 5.41) is 0. The molecule has 22 heavy (non-hydrogen) atoms. The number of nitrogens with zero attached hydrogens (tertiary/aromatic N) is 1. The van der Waals surface area contributed by atoms with Gasteiger partial charge >= 0.3 is 0 Å². The zero-order valence-corrected chi connectivity index (χ0v) is 14.9. The molecule has 0 aromatic rings. The van der Waals surface area contributed by atoms with Crippen molar-refractivity contribution in [2.24, 2.45) is 11.7 Å². The first-order valence-corrected chi connectivity index (χ1v) is 9.45. The fraction of sp³-hybridized carbons (Fsp3) is 0.938. The van der Waals surface area contributed by atoms with Gasteiger partial charge in [0.25, 0.3) is 0 Å². The molecular weight excluding hydrogens is 320 g/mol. The van der Waals surface area contributed by atoms with E-state index in [4.69, 9.17) is 10.5 Å². The summed E-state index contributed by atoms with van der Waals surface area (Å²) in [4.78, 5) is 14.8. The van der Waals surface area contributed by atoms with Crippen LogP contribution >= 0.6 is 24.2 Å². The van der Waals surface area contributed by atoms with Crippen LogP contribution in [0.5, 0.6) is 0 Å². The zero-order valence-electron chi connectivity index (χ0n) is 13.3. The largest absolute Gasteiger partial charge is 0.381 e. The minimum absolute atomic E-state index is 0. The lowest BCUT2D eigenvalue weighted by Gasteiger charge is -2.45. The Morgan fingerprint density at radius 1 is 1.23 bits per heavy atom. The summed E-state index contributed by atoms with van der Waals surface area (Å²) in [6.45, 7) is 3.31. The highest BCUT2D eigenvalue weighted by Gasteiger charge is 2.40. The van der Waals surface area contributed by atoms with Crippen molar-refractivity contribution in [1.82, 2.24) is 4.90 Å². The number of carbonyl (C=O) groups excluding carboxylic acids is 1. The third-order valence-electron chi connectivity index (χ3n) is 5.38. The van der Waals surface area contributed by atoms with Crippen molar-refractivity contribution in [3.63, 3.8) is 0 Å². The van der Waals surface area contributed by atoms with Crippen molar-refractivity contribution < 1.29 is 9.53 Å². The molecule has 2 aliphatic heterocycles. The first kappa shape index (κ1) is 18.4. The molecule has 0 aromatic carbocycles. The Bertz CT molecular complexity index is 366. The first-order valence-electron chi connectivity index (χ1n) is 8.46. The highest BCUT2D eigenvalue weighted by atomic mass is 35.5. The molecule has 3 rings (SSSR count). The van der Waals surface area contributed by atoms with Gasteiger partial charge in [-0.1, -0.05) is 19.3 Å². The molecule has 0 bridgehead atoms. The first-order chi connectivity index (χ1) is 10.2. The van der Waals surface area contributed by atoms with Crippen LogP contribution in [-0.2, 0) is 9.53 Å². The van der Waals surface area contributed by atoms with Gasteiger partial charge in [-0.2, -0.15) is 11.8 Å². The van der Waals surface area contributed by atoms with Crippen molar-refractivity contribution in [3.8, 4) is 0 Å². The number of amides is 1. The van der Waals surface area contributed by atoms with E-state index in [-0.39, 0.29) is 24.4 Å². The molecule has 3 fully saturated rings. The van der Waals surface area contributed by atoms with Gasteiger partial charge in [0, 0.05) is 36.8 Å². The Morgan fingerprint density at radius 3 is 2.59 bits per heavy atom. The number of thioether (sulfide) groups is 1. The molecule has 1 aliphatic carbocycles. The molecule has 1 atom stereocenters. The Morgan fingerprint density at radius 2 is 1.91 bits per heavy atom. The van der Waals surface area contributed by atoms with Gasteiger partial charge in [0.2, 0.25) is 5.91 Å². The van der Waals surface area contributed by atoms with Crippen LogP contribution in [-0.4, -0.2) is 53.7 Å². The van der Waals surface area contributed by atoms with Crippen LogP contribution in [0.15, 0.2) is 0 Å². The third-order valence-corrected chi connectivity index (χ3v) is 6.92. The second-order valence-electron chi connectivity index (χ2n) is 6.83. The molecule has 6 heteroatoms. The fourth-order valence-electron chi connectivity index (χ4n) is 4.02. The Kier molecular flexibility index (Phi) is 6.87. The smallest absolute Gasteiger partial charge is 0.239 e. The van der Waals surface area contributed by atoms with Crippen molar-refractivity contribution in [2.45, 2.75) is 55.7 Å². The second kappa shape index (κ2) is 8.22. The van der Waals surface area contributed by atoms with Gasteiger partial charge in [-0.3, -0.25) is 4.79 Å². The summed E-state index contributed by atoms with van der Waals surface area (Å²) in [5.41, 5.74) is 6.29. The van der Waals surface area contributed by atoms with E-state index in [0.717, 1.165) is 44.9 Å². The summed E-state index contributed by atoms with van der Waals surface area (Å²) in [5.74, 6) is 1.57. The van der Waals surface area contributed by atoms with Gasteiger partial charge in [-0.15, -0.1) is 12.4 Å². The number of halogens is 1. The number of hydrogen-bond donors (Lipinski definition) is 1. The number of nitrogens with two attached hydrogens (primary N) is 1. The number of ether oxygens (including phenoxy) is 1. The lowest BCUT2D eigenvalue weighted by Crippen LogP contribution is -2.56. The molecule has 1 saturated carbocycles. The number of carbonyl (C=O) groups is 1. The Hall–Kier alpha value is 0.0300. The van der Waals surface area contributed by atoms with Crippen LogP contribution in [0, 0.1) is 5.92 Å². The van der Waals surface area contributed by atoms with E-state index in [1.54, 1.807) is 0 Å². The van der Waals surface area contributed by atoms with Gasteiger partial charge in [-0.25, -0.2) is 0 Å². The molecule has 2 N–H and O–H groups in total. The lowest BCUT2D eigenvalue weighted by molar-refractivity contribution is -0.135. The maximum atomic E-state index is 12.8. The Labute approximate surface area is 144 Å². The van der Waals surface area contributed by atoms with Crippen molar-refractivity contribution in [2.75, 3.05) is 32.1 Å². The van der Waals surface area contributed by atoms with Gasteiger partial charge in [0.15, 0.2) is 0 Å². The Balaban J connectivity index is 0.00000176. The summed E-state index contributed by atoms with van der Waals surface area (Å²) in [7, 11) is 0. The lowest BCUT2D eigenvalue weighted by atomic mass is 9.87. The maximum Gasteiger partial charge on any atom is 0.239 e. The molecule has 1 amide bonds. The van der Waals surface area contributed by atoms with Gasteiger partial charge in [-0.05, 0) is 31.6 Å². The van der Waals surface area contributed by atoms with Crippen LogP contribution in [0.3, 0.4) is 0 Å². The van der Waals surface area contributed by atoms with E-state index < -0.39 is 0 Å². The van der Waals surface area contributed by atoms with Crippen molar-refractivity contribution in [3.05, 3.63) is 0 Å². The van der Waals surface area contributed by atoms with E-state index in [1.807, 2.05) is 0 Å². The fourth-order valence-corrected chi connectivity index (χ4v) is 5.59. The molecule has 2 heterocycles. The number of hydrogen-bond acceptors (Lipinski definition) is 4. The number of rotatable bonds is 2. The second-order valence-corrected chi connectivity index (χ2v) is 8.39. The standard InChI is InChI=1S/C16H28N2O2S.ClH/c17-14(13-4-9-20-10-5-13)15(19)18-8-11-21-16(12-18)6-2-1-3-7-16;/h13-14H,1-12,17H2;1H. The van der Waals surface area contributed by atoms with E-state index in [0.29, 0.717) is 10.7 Å². The molecule has 0 radical (unpaired) electrons. The molecule has 1 spiro atoms. The molecule has 2 saturated heterocycles. The van der Waals surface area contributed by atoms with Crippen LogP contribution < -0.4 is 5.73 Å². The molecule has 4 nitrogen and oxygen atoms in total. The van der Waals surface area contributed by atoms with E-state index in [9.17, 15) is 4.79 Å². The van der Waals surface area contributed by atoms with Crippen molar-refractivity contribution in [1.29, 1.82) is 0 Å². The zero-order chi connectivity index (χ0) is 14.7. The quantitative estimate of drug-likeness (QED) is 0.832. The molecule has 128 valence electrons. The molecular formula is C16H29ClN2O2S. The minimum atomic E-state index is -0.322. The maximum absolute atomic E-state index is 12.8. The molecule has 3 aliphatic rings. The van der Waals surface area contributed by atoms with Gasteiger partial charge in [0.1, 0.15) is 0 Å². The van der Waals surface area contributed by atoms with Crippen molar-refractivity contribution >= 4 is 30.1 Å². The van der Waals surface area contributed by atoms with Crippen LogP contribution in [0.25, 0.3) is 0 Å². The van der Waals surface area contributed by atoms with Crippen LogP contribution in [0.4, 0.5) is 0 Å². The van der Waals surface area contributed by atoms with E-state index in [1.165, 1.54) is 32.1 Å². The van der Waals surface area contributed by atoms with E-state index in [2.05, 4.69) is 16.7 Å². The topological polar surface area (TPSA) is 55.6 Å². The molecule has 0 aromatic heterocycles. The highest BCUT2D eigenvalue weighted by Crippen LogP contribution is 2.42. The third kappa shape index (κ3) is 4.11. The average molecular weight is 349 g/mol. The van der Waals surface area contributed by atoms with Gasteiger partial charge < -0.3 is 15.4 Å². The summed E-state index contributed by atoms with van der Waals surface area (Å²) in [6, 6.07) is -0.322. The van der Waals surface area contributed by atoms with E-state index >= 15 is 0 Å². The monoisotopic (exact) mass is 348 g/mol. The van der Waals surface area contributed by atoms with Crippen LogP contribution in [0.1, 0.15) is 44.9 Å². The van der Waals surface area contributed by atoms with Crippen LogP contribution in [0.2, 0.25) is 0 Å². The van der Waals surface area contributed by atoms with Gasteiger partial charge in [0.05, 0.1) is 6.04 Å². The summed E-state index contributed by atoms with van der Waals surface area (Å²) < 4.78 is 5.72. The summed E-state index contributed by atoms with van der Waals surface area (Å²) >= 11 is 2.10.